The van der Waals surface area contributed by atoms with E-state index in [0.29, 0.717) is 30.8 Å². The first kappa shape index (κ1) is 13.7. The molecule has 0 aromatic heterocycles. The second-order valence-corrected chi connectivity index (χ2v) is 6.27. The van der Waals surface area contributed by atoms with E-state index in [-0.39, 0.29) is 25.0 Å². The monoisotopic (exact) mass is 272 g/mol. The zero-order valence-corrected chi connectivity index (χ0v) is 11.6. The maximum atomic E-state index is 13.7. The van der Waals surface area contributed by atoms with Crippen LogP contribution >= 0.6 is 0 Å². The van der Waals surface area contributed by atoms with Gasteiger partial charge in [-0.15, -0.1) is 0 Å². The third-order valence-electron chi connectivity index (χ3n) is 5.19. The van der Waals surface area contributed by atoms with Crippen LogP contribution < -0.4 is 16.0 Å². The predicted octanol–water partition coefficient (Wildman–Crippen LogP) is -0.562. The molecule has 0 saturated carbocycles. The molecule has 3 heterocycles. The summed E-state index contributed by atoms with van der Waals surface area (Å²) in [5.74, 6) is 0.927. The summed E-state index contributed by atoms with van der Waals surface area (Å²) in [5, 5.41) is 19.9. The van der Waals surface area contributed by atoms with Crippen LogP contribution in [0.3, 0.4) is 0 Å². The highest BCUT2D eigenvalue weighted by Gasteiger charge is 2.49. The van der Waals surface area contributed by atoms with Gasteiger partial charge in [0.1, 0.15) is 6.17 Å². The van der Waals surface area contributed by atoms with Crippen molar-refractivity contribution >= 4 is 0 Å². The highest BCUT2D eigenvalue weighted by Crippen LogP contribution is 2.35. The smallest absolute Gasteiger partial charge is 0.114 e. The Kier molecular flexibility index (Phi) is 3.79. The minimum absolute atomic E-state index is 0.0424. The fourth-order valence-corrected chi connectivity index (χ4v) is 4.00. The Bertz CT molecular complexity index is 332. The molecule has 3 rings (SSSR count). The van der Waals surface area contributed by atoms with Crippen LogP contribution in [-0.2, 0) is 0 Å². The van der Waals surface area contributed by atoms with Crippen molar-refractivity contribution in [1.82, 2.24) is 20.9 Å². The summed E-state index contributed by atoms with van der Waals surface area (Å²) in [6.45, 7) is 5.66. The van der Waals surface area contributed by atoms with Crippen LogP contribution in [0.4, 0.5) is 4.39 Å². The maximum Gasteiger partial charge on any atom is 0.114 e. The maximum absolute atomic E-state index is 13.7. The van der Waals surface area contributed by atoms with Gasteiger partial charge in [-0.1, -0.05) is 6.92 Å². The number of halogens is 1. The fraction of sp³-hybridized carbons (Fsp3) is 1.00. The molecule has 0 aromatic carbocycles. The third-order valence-corrected chi connectivity index (χ3v) is 5.19. The Labute approximate surface area is 113 Å². The lowest BCUT2D eigenvalue weighted by molar-refractivity contribution is 0.0240. The van der Waals surface area contributed by atoms with E-state index in [9.17, 15) is 9.50 Å². The highest BCUT2D eigenvalue weighted by atomic mass is 19.1. The van der Waals surface area contributed by atoms with Crippen molar-refractivity contribution in [3.05, 3.63) is 0 Å². The number of nitrogens with zero attached hydrogens (tertiary/aromatic N) is 1. The van der Waals surface area contributed by atoms with Crippen molar-refractivity contribution in [2.45, 2.75) is 50.9 Å². The molecule has 3 aliphatic heterocycles. The average Bonchev–Trinajstić information content (AvgIpc) is 2.91. The number of nitrogens with one attached hydrogen (secondary N) is 3. The Hall–Kier alpha value is -0.270. The van der Waals surface area contributed by atoms with Gasteiger partial charge in [-0.3, -0.25) is 20.9 Å². The van der Waals surface area contributed by atoms with Gasteiger partial charge in [0.2, 0.25) is 0 Å². The van der Waals surface area contributed by atoms with E-state index >= 15 is 0 Å². The number of hydrogen-bond donors (Lipinski definition) is 4. The van der Waals surface area contributed by atoms with Gasteiger partial charge in [-0.25, -0.2) is 4.39 Å². The fourth-order valence-electron chi connectivity index (χ4n) is 4.00. The molecule has 0 bridgehead atoms. The van der Waals surface area contributed by atoms with Crippen molar-refractivity contribution < 1.29 is 9.50 Å². The second kappa shape index (κ2) is 5.26. The zero-order chi connectivity index (χ0) is 13.6. The Morgan fingerprint density at radius 1 is 1.32 bits per heavy atom. The molecule has 5 unspecified atom stereocenters. The molecule has 0 amide bonds. The van der Waals surface area contributed by atoms with Crippen molar-refractivity contribution in [3.8, 4) is 0 Å². The number of aliphatic hydroxyl groups is 1. The van der Waals surface area contributed by atoms with Crippen LogP contribution in [0.5, 0.6) is 0 Å². The number of aliphatic hydroxyl groups excluding tert-OH is 1. The van der Waals surface area contributed by atoms with E-state index in [1.54, 1.807) is 0 Å². The Balaban J connectivity index is 1.79. The van der Waals surface area contributed by atoms with Gasteiger partial charge in [0.05, 0.1) is 18.9 Å². The molecule has 3 saturated heterocycles. The molecule has 5 nitrogen and oxygen atoms in total. The van der Waals surface area contributed by atoms with E-state index in [4.69, 9.17) is 0 Å². The molecule has 4 N–H and O–H groups in total. The minimum Gasteiger partial charge on any atom is -0.395 e. The van der Waals surface area contributed by atoms with Gasteiger partial charge >= 0.3 is 0 Å². The van der Waals surface area contributed by atoms with Crippen LogP contribution in [0, 0.1) is 11.8 Å². The molecule has 6 heteroatoms. The van der Waals surface area contributed by atoms with Gasteiger partial charge in [0.25, 0.3) is 0 Å². The quantitative estimate of drug-likeness (QED) is 0.543. The number of fused-ring (bicyclic) bond motifs is 1. The first-order chi connectivity index (χ1) is 9.11. The molecule has 7 atom stereocenters. The van der Waals surface area contributed by atoms with E-state index in [2.05, 4.69) is 34.7 Å². The molecule has 0 spiro atoms. The lowest BCUT2D eigenvalue weighted by Gasteiger charge is -2.44. The molecule has 3 fully saturated rings. The molecule has 0 aromatic rings. The Morgan fingerprint density at radius 2 is 2.11 bits per heavy atom. The summed E-state index contributed by atoms with van der Waals surface area (Å²) in [7, 11) is 0. The summed E-state index contributed by atoms with van der Waals surface area (Å²) < 4.78 is 13.7. The number of hydrogen-bond acceptors (Lipinski definition) is 5. The predicted molar refractivity (Wildman–Crippen MR) is 71.1 cm³/mol. The number of alkyl halides is 1. The molecule has 0 aliphatic carbocycles. The van der Waals surface area contributed by atoms with E-state index in [1.165, 1.54) is 0 Å². The van der Waals surface area contributed by atoms with Crippen LogP contribution in [0.1, 0.15) is 20.3 Å². The minimum atomic E-state index is -0.811. The molecule has 3 aliphatic rings. The average molecular weight is 272 g/mol. The van der Waals surface area contributed by atoms with Crippen molar-refractivity contribution in [3.63, 3.8) is 0 Å². The first-order valence-electron chi connectivity index (χ1n) is 7.35. The number of likely N-dealkylation sites (tertiary alicyclic amines) is 1. The highest BCUT2D eigenvalue weighted by molar-refractivity contribution is 5.02. The van der Waals surface area contributed by atoms with Crippen LogP contribution in [0.25, 0.3) is 0 Å². The lowest BCUT2D eigenvalue weighted by Crippen LogP contribution is -2.65. The summed E-state index contributed by atoms with van der Waals surface area (Å²) in [4.78, 5) is 2.14. The molecular weight excluding hydrogens is 247 g/mol. The first-order valence-corrected chi connectivity index (χ1v) is 7.35. The van der Waals surface area contributed by atoms with Gasteiger partial charge in [-0.2, -0.15) is 0 Å². The lowest BCUT2D eigenvalue weighted by atomic mass is 9.87. The molecule has 19 heavy (non-hydrogen) atoms. The van der Waals surface area contributed by atoms with Gasteiger partial charge in [-0.05, 0) is 19.3 Å². The summed E-state index contributed by atoms with van der Waals surface area (Å²) in [6.07, 6.45) is 0.0804. The van der Waals surface area contributed by atoms with Crippen molar-refractivity contribution in [2.24, 2.45) is 11.8 Å². The van der Waals surface area contributed by atoms with Crippen LogP contribution in [-0.4, -0.2) is 60.4 Å². The molecule has 110 valence electrons. The summed E-state index contributed by atoms with van der Waals surface area (Å²) in [5.41, 5.74) is 0. The third kappa shape index (κ3) is 2.29. The van der Waals surface area contributed by atoms with E-state index < -0.39 is 6.17 Å². The van der Waals surface area contributed by atoms with Crippen LogP contribution in [0.15, 0.2) is 0 Å². The molecular formula is C13H25FN4O. The summed E-state index contributed by atoms with van der Waals surface area (Å²) >= 11 is 0. The van der Waals surface area contributed by atoms with Gasteiger partial charge in [0.15, 0.2) is 0 Å². The van der Waals surface area contributed by atoms with Gasteiger partial charge < -0.3 is 5.11 Å². The number of rotatable bonds is 2. The normalized spacial score (nSPS) is 51.5. The van der Waals surface area contributed by atoms with E-state index in [0.717, 1.165) is 6.67 Å². The topological polar surface area (TPSA) is 59.6 Å². The van der Waals surface area contributed by atoms with E-state index in [1.807, 2.05) is 0 Å². The SMILES string of the molecule is CC1NC2NCNC(N3C[C@@H](F)C[C@H]3CO)C2C1C. The van der Waals surface area contributed by atoms with Gasteiger partial charge in [0, 0.05) is 31.2 Å². The molecule has 0 radical (unpaired) electrons. The Morgan fingerprint density at radius 3 is 2.84 bits per heavy atom. The summed E-state index contributed by atoms with van der Waals surface area (Å²) in [6, 6.07) is 0.413. The standard InChI is InChI=1S/C13H25FN4O/c1-7-8(2)17-12-11(7)13(16-6-15-12)18-4-9(14)3-10(18)5-19/h7-13,15-17,19H,3-6H2,1-2H3/t7?,8?,9-,10-,11?,12?,13?/m0/s1. The van der Waals surface area contributed by atoms with Crippen molar-refractivity contribution in [1.29, 1.82) is 0 Å². The largest absolute Gasteiger partial charge is 0.395 e. The van der Waals surface area contributed by atoms with Crippen LogP contribution in [0.2, 0.25) is 0 Å². The second-order valence-electron chi connectivity index (χ2n) is 6.27. The van der Waals surface area contributed by atoms with Crippen molar-refractivity contribution in [2.75, 3.05) is 19.8 Å². The zero-order valence-electron chi connectivity index (χ0n) is 11.6.